The molecule has 1 saturated carbocycles. The molecule has 160 valence electrons. The molecule has 0 aliphatic heterocycles. The fourth-order valence-corrected chi connectivity index (χ4v) is 4.45. The number of methoxy groups -OCH3 is 1. The number of fused-ring (bicyclic) bond motifs is 2. The summed E-state index contributed by atoms with van der Waals surface area (Å²) in [4.78, 5) is 26.5. The van der Waals surface area contributed by atoms with Gasteiger partial charge in [-0.2, -0.15) is 9.97 Å². The van der Waals surface area contributed by atoms with E-state index in [1.165, 1.54) is 0 Å². The zero-order valence-corrected chi connectivity index (χ0v) is 17.9. The normalized spacial score (nSPS) is 20.6. The molecule has 1 aliphatic rings. The standard InChI is InChI=1S/C21H24N8O2/c1-21(19(30)28(2)3)7-13(8-21)24-20-25-17-16(18(26-20)31-4)14(9-22-17)12-5-6-15-27-23-11-29(15)10-12/h5-6,9-11,13H,7-8H2,1-4H3,(H2,22,24,25,26)/t13-,21-. The van der Waals surface area contributed by atoms with E-state index in [0.717, 1.165) is 35.0 Å². The molecule has 0 aromatic carbocycles. The highest BCUT2D eigenvalue weighted by molar-refractivity contribution is 5.97. The highest BCUT2D eigenvalue weighted by Crippen LogP contribution is 2.43. The number of aromatic amines is 1. The Kier molecular flexibility index (Phi) is 4.31. The molecule has 4 heterocycles. The van der Waals surface area contributed by atoms with Gasteiger partial charge >= 0.3 is 0 Å². The lowest BCUT2D eigenvalue weighted by molar-refractivity contribution is -0.143. The first-order valence-electron chi connectivity index (χ1n) is 10.1. The van der Waals surface area contributed by atoms with Gasteiger partial charge in [-0.05, 0) is 25.0 Å². The van der Waals surface area contributed by atoms with E-state index < -0.39 is 0 Å². The van der Waals surface area contributed by atoms with Gasteiger partial charge in [-0.3, -0.25) is 9.20 Å². The summed E-state index contributed by atoms with van der Waals surface area (Å²) in [5.41, 5.74) is 3.02. The molecule has 0 radical (unpaired) electrons. The third-order valence-corrected chi connectivity index (χ3v) is 5.94. The van der Waals surface area contributed by atoms with Crippen LogP contribution < -0.4 is 10.1 Å². The summed E-state index contributed by atoms with van der Waals surface area (Å²) in [7, 11) is 5.18. The van der Waals surface area contributed by atoms with E-state index >= 15 is 0 Å². The highest BCUT2D eigenvalue weighted by atomic mass is 16.5. The minimum atomic E-state index is -0.338. The lowest BCUT2D eigenvalue weighted by Gasteiger charge is -2.45. The van der Waals surface area contributed by atoms with Crippen LogP contribution in [0.5, 0.6) is 5.88 Å². The van der Waals surface area contributed by atoms with Gasteiger partial charge in [-0.1, -0.05) is 6.92 Å². The van der Waals surface area contributed by atoms with Crippen molar-refractivity contribution in [2.75, 3.05) is 26.5 Å². The monoisotopic (exact) mass is 420 g/mol. The maximum Gasteiger partial charge on any atom is 0.228 e. The van der Waals surface area contributed by atoms with Crippen LogP contribution in [0.3, 0.4) is 0 Å². The van der Waals surface area contributed by atoms with Crippen LogP contribution >= 0.6 is 0 Å². The first-order valence-corrected chi connectivity index (χ1v) is 10.1. The molecule has 10 heteroatoms. The van der Waals surface area contributed by atoms with Gasteiger partial charge in [-0.15, -0.1) is 10.2 Å². The third kappa shape index (κ3) is 3.15. The predicted molar refractivity (Wildman–Crippen MR) is 116 cm³/mol. The van der Waals surface area contributed by atoms with Gasteiger partial charge < -0.3 is 19.9 Å². The number of carbonyl (C=O) groups is 1. The van der Waals surface area contributed by atoms with Crippen molar-refractivity contribution in [3.05, 3.63) is 30.9 Å². The number of amides is 1. The molecule has 31 heavy (non-hydrogen) atoms. The molecule has 0 unspecified atom stereocenters. The van der Waals surface area contributed by atoms with Crippen molar-refractivity contribution in [1.82, 2.24) is 34.4 Å². The summed E-state index contributed by atoms with van der Waals surface area (Å²) in [6.45, 7) is 2.00. The number of hydrogen-bond donors (Lipinski definition) is 2. The molecule has 1 aliphatic carbocycles. The number of carbonyl (C=O) groups excluding carboxylic acids is 1. The number of aromatic nitrogens is 6. The second kappa shape index (κ2) is 6.93. The number of nitrogens with one attached hydrogen (secondary N) is 2. The minimum Gasteiger partial charge on any atom is -0.480 e. The van der Waals surface area contributed by atoms with Gasteiger partial charge in [0.15, 0.2) is 5.65 Å². The first-order chi connectivity index (χ1) is 14.9. The van der Waals surface area contributed by atoms with Gasteiger partial charge in [0.1, 0.15) is 12.0 Å². The molecule has 10 nitrogen and oxygen atoms in total. The van der Waals surface area contributed by atoms with E-state index in [1.54, 1.807) is 32.4 Å². The van der Waals surface area contributed by atoms with E-state index in [1.807, 2.05) is 35.9 Å². The van der Waals surface area contributed by atoms with Crippen molar-refractivity contribution in [3.8, 4) is 17.0 Å². The summed E-state index contributed by atoms with van der Waals surface area (Å²) in [6.07, 6.45) is 7.00. The Hall–Kier alpha value is -3.69. The van der Waals surface area contributed by atoms with Crippen molar-refractivity contribution >= 4 is 28.5 Å². The second-order valence-corrected chi connectivity index (χ2v) is 8.51. The maximum absolute atomic E-state index is 12.4. The Morgan fingerprint density at radius 2 is 2.13 bits per heavy atom. The minimum absolute atomic E-state index is 0.140. The number of nitrogens with zero attached hydrogens (tertiary/aromatic N) is 6. The van der Waals surface area contributed by atoms with Crippen LogP contribution in [0.2, 0.25) is 0 Å². The Labute approximate surface area is 178 Å². The lowest BCUT2D eigenvalue weighted by Crippen LogP contribution is -2.52. The number of H-pyrrole nitrogens is 1. The number of anilines is 1. The van der Waals surface area contributed by atoms with Gasteiger partial charge in [0, 0.05) is 43.7 Å². The van der Waals surface area contributed by atoms with Crippen LogP contribution in [0, 0.1) is 5.41 Å². The number of rotatable bonds is 5. The van der Waals surface area contributed by atoms with Gasteiger partial charge in [0.25, 0.3) is 0 Å². The maximum atomic E-state index is 12.4. The van der Waals surface area contributed by atoms with Crippen LogP contribution in [0.4, 0.5) is 5.95 Å². The molecule has 2 N–H and O–H groups in total. The van der Waals surface area contributed by atoms with Crippen molar-refractivity contribution in [2.24, 2.45) is 5.41 Å². The predicted octanol–water partition coefficient (Wildman–Crippen LogP) is 2.34. The van der Waals surface area contributed by atoms with E-state index in [0.29, 0.717) is 17.5 Å². The molecule has 1 fully saturated rings. The van der Waals surface area contributed by atoms with Crippen LogP contribution in [0.1, 0.15) is 19.8 Å². The van der Waals surface area contributed by atoms with Gasteiger partial charge in [-0.25, -0.2) is 0 Å². The van der Waals surface area contributed by atoms with Gasteiger partial charge in [0.05, 0.1) is 17.9 Å². The van der Waals surface area contributed by atoms with Crippen molar-refractivity contribution in [2.45, 2.75) is 25.8 Å². The fraction of sp³-hybridized carbons (Fsp3) is 0.381. The third-order valence-electron chi connectivity index (χ3n) is 5.94. The topological polar surface area (TPSA) is 113 Å². The number of pyridine rings is 1. The van der Waals surface area contributed by atoms with E-state index in [-0.39, 0.29) is 17.4 Å². The SMILES string of the molecule is COc1nc(N[C@H]2C[C@](C)(C(=O)N(C)C)C2)nc2[nH]cc(-c3ccc4nncn4c3)c12. The molecule has 0 bridgehead atoms. The Balaban J connectivity index is 1.43. The average Bonchev–Trinajstić information content (AvgIpc) is 3.37. The summed E-state index contributed by atoms with van der Waals surface area (Å²) < 4.78 is 7.46. The molecule has 0 atom stereocenters. The molecule has 0 saturated heterocycles. The fourth-order valence-electron chi connectivity index (χ4n) is 4.45. The van der Waals surface area contributed by atoms with Crippen molar-refractivity contribution < 1.29 is 9.53 Å². The van der Waals surface area contributed by atoms with Gasteiger partial charge in [0.2, 0.25) is 17.7 Å². The Bertz CT molecular complexity index is 1290. The number of hydrogen-bond acceptors (Lipinski definition) is 7. The highest BCUT2D eigenvalue weighted by Gasteiger charge is 2.47. The molecule has 4 aromatic rings. The Morgan fingerprint density at radius 3 is 2.87 bits per heavy atom. The van der Waals surface area contributed by atoms with E-state index in [9.17, 15) is 4.79 Å². The summed E-state index contributed by atoms with van der Waals surface area (Å²) >= 11 is 0. The van der Waals surface area contributed by atoms with Crippen molar-refractivity contribution in [1.29, 1.82) is 0 Å². The van der Waals surface area contributed by atoms with Crippen LogP contribution in [0.25, 0.3) is 27.8 Å². The quantitative estimate of drug-likeness (QED) is 0.509. The lowest BCUT2D eigenvalue weighted by atomic mass is 9.66. The van der Waals surface area contributed by atoms with E-state index in [2.05, 4.69) is 30.5 Å². The molecule has 0 spiro atoms. The number of ether oxygens (including phenoxy) is 1. The smallest absolute Gasteiger partial charge is 0.228 e. The molecule has 5 rings (SSSR count). The van der Waals surface area contributed by atoms with Crippen LogP contribution in [-0.4, -0.2) is 67.6 Å². The first kappa shape index (κ1) is 19.3. The zero-order valence-electron chi connectivity index (χ0n) is 17.9. The second-order valence-electron chi connectivity index (χ2n) is 8.51. The summed E-state index contributed by atoms with van der Waals surface area (Å²) in [6, 6.07) is 4.03. The summed E-state index contributed by atoms with van der Waals surface area (Å²) in [5, 5.41) is 12.1. The molecular weight excluding hydrogens is 396 g/mol. The summed E-state index contributed by atoms with van der Waals surface area (Å²) in [5.74, 6) is 1.12. The average molecular weight is 420 g/mol. The molecule has 1 amide bonds. The zero-order chi connectivity index (χ0) is 21.8. The van der Waals surface area contributed by atoms with Crippen molar-refractivity contribution in [3.63, 3.8) is 0 Å². The van der Waals surface area contributed by atoms with E-state index in [4.69, 9.17) is 4.74 Å². The van der Waals surface area contributed by atoms with Crippen LogP contribution in [0.15, 0.2) is 30.9 Å². The largest absolute Gasteiger partial charge is 0.480 e. The van der Waals surface area contributed by atoms with Crippen LogP contribution in [-0.2, 0) is 4.79 Å². The molecule has 4 aromatic heterocycles. The Morgan fingerprint density at radius 1 is 1.32 bits per heavy atom. The molecular formula is C21H24N8O2.